The minimum atomic E-state index is -0.314. The Kier molecular flexibility index (Phi) is 5.78. The second kappa shape index (κ2) is 7.94. The summed E-state index contributed by atoms with van der Waals surface area (Å²) in [6, 6.07) is 10.4. The lowest BCUT2D eigenvalue weighted by Gasteiger charge is -2.49. The van der Waals surface area contributed by atoms with Gasteiger partial charge >= 0.3 is 0 Å². The number of benzene rings is 1. The van der Waals surface area contributed by atoms with Crippen molar-refractivity contribution in [1.29, 1.82) is 0 Å². The molecule has 0 aromatic heterocycles. The molecule has 4 nitrogen and oxygen atoms in total. The Balaban J connectivity index is 1.66. The van der Waals surface area contributed by atoms with Gasteiger partial charge in [0.2, 0.25) is 11.8 Å². The van der Waals surface area contributed by atoms with Gasteiger partial charge in [0.05, 0.1) is 5.41 Å². The van der Waals surface area contributed by atoms with Crippen LogP contribution in [0.15, 0.2) is 54.1 Å². The number of hydrogen-bond donors (Lipinski definition) is 2. The highest BCUT2D eigenvalue weighted by molar-refractivity contribution is 5.87. The van der Waals surface area contributed by atoms with E-state index in [-0.39, 0.29) is 28.7 Å². The summed E-state index contributed by atoms with van der Waals surface area (Å²) in [5.74, 6) is 0.0104. The number of hydrogen-bond acceptors (Lipinski definition) is 2. The van der Waals surface area contributed by atoms with E-state index >= 15 is 0 Å². The molecule has 0 spiro atoms. The van der Waals surface area contributed by atoms with Crippen LogP contribution in [0.3, 0.4) is 0 Å². The van der Waals surface area contributed by atoms with Crippen molar-refractivity contribution < 1.29 is 9.59 Å². The predicted octanol–water partition coefficient (Wildman–Crippen LogP) is 4.03. The van der Waals surface area contributed by atoms with Crippen molar-refractivity contribution in [3.63, 3.8) is 0 Å². The number of amides is 2. The van der Waals surface area contributed by atoms with Gasteiger partial charge in [-0.15, -0.1) is 0 Å². The first-order valence-electron chi connectivity index (χ1n) is 10.2. The first kappa shape index (κ1) is 20.4. The van der Waals surface area contributed by atoms with Crippen molar-refractivity contribution in [3.05, 3.63) is 59.7 Å². The average molecular weight is 381 g/mol. The van der Waals surface area contributed by atoms with E-state index in [1.54, 1.807) is 0 Å². The van der Waals surface area contributed by atoms with E-state index in [9.17, 15) is 9.59 Å². The molecule has 1 aromatic carbocycles. The Hall–Kier alpha value is -2.36. The highest BCUT2D eigenvalue weighted by Gasteiger charge is 2.47. The summed E-state index contributed by atoms with van der Waals surface area (Å²) in [4.78, 5) is 24.7. The van der Waals surface area contributed by atoms with Gasteiger partial charge in [0.25, 0.3) is 0 Å². The van der Waals surface area contributed by atoms with Gasteiger partial charge in [0.15, 0.2) is 0 Å². The van der Waals surface area contributed by atoms with E-state index in [0.29, 0.717) is 6.54 Å². The van der Waals surface area contributed by atoms with Gasteiger partial charge in [-0.3, -0.25) is 9.59 Å². The van der Waals surface area contributed by atoms with Gasteiger partial charge in [-0.1, -0.05) is 55.0 Å². The highest BCUT2D eigenvalue weighted by atomic mass is 16.2. The zero-order valence-electron chi connectivity index (χ0n) is 17.3. The van der Waals surface area contributed by atoms with Crippen molar-refractivity contribution >= 4 is 11.8 Å². The smallest absolute Gasteiger partial charge is 0.243 e. The summed E-state index contributed by atoms with van der Waals surface area (Å²) < 4.78 is 0. The summed E-state index contributed by atoms with van der Waals surface area (Å²) in [5.41, 5.74) is 3.55. The standard InChI is InChI=1S/C24H32N2O2/c1-5-21(27)25-16-24(19-9-7-6-8-10-19)14-20(15-24)26-22(28)23(4)12-11-17(2)18(3)13-23/h5-10,20H,1,11-16H2,2-4H3,(H,25,27)(H,26,28). The van der Waals surface area contributed by atoms with E-state index in [1.165, 1.54) is 22.8 Å². The lowest BCUT2D eigenvalue weighted by atomic mass is 9.61. The van der Waals surface area contributed by atoms with Crippen LogP contribution in [0.1, 0.15) is 58.4 Å². The molecule has 1 saturated carbocycles. The molecule has 2 aliphatic rings. The Morgan fingerprint density at radius 2 is 1.86 bits per heavy atom. The molecule has 3 rings (SSSR count). The normalized spacial score (nSPS) is 29.6. The molecular weight excluding hydrogens is 348 g/mol. The third kappa shape index (κ3) is 4.06. The van der Waals surface area contributed by atoms with Crippen LogP contribution in [0.25, 0.3) is 0 Å². The van der Waals surface area contributed by atoms with Gasteiger partial charge in [0.1, 0.15) is 0 Å². The lowest BCUT2D eigenvalue weighted by molar-refractivity contribution is -0.132. The molecule has 0 bridgehead atoms. The maximum absolute atomic E-state index is 13.0. The van der Waals surface area contributed by atoms with Crippen LogP contribution in [0.5, 0.6) is 0 Å². The SMILES string of the molecule is C=CC(=O)NCC1(c2ccccc2)CC(NC(=O)C2(C)CCC(C)=C(C)C2)C1. The largest absolute Gasteiger partial charge is 0.353 e. The summed E-state index contributed by atoms with van der Waals surface area (Å²) in [7, 11) is 0. The molecule has 4 heteroatoms. The van der Waals surface area contributed by atoms with Gasteiger partial charge in [-0.25, -0.2) is 0 Å². The number of nitrogens with one attached hydrogen (secondary N) is 2. The van der Waals surface area contributed by atoms with Gasteiger partial charge in [-0.2, -0.15) is 0 Å². The first-order valence-corrected chi connectivity index (χ1v) is 10.2. The summed E-state index contributed by atoms with van der Waals surface area (Å²) in [5, 5.41) is 6.25. The molecule has 0 heterocycles. The summed E-state index contributed by atoms with van der Waals surface area (Å²) in [6.07, 6.45) is 5.74. The summed E-state index contributed by atoms with van der Waals surface area (Å²) >= 11 is 0. The number of rotatable bonds is 6. The fourth-order valence-corrected chi connectivity index (χ4v) is 4.64. The monoisotopic (exact) mass is 380 g/mol. The van der Waals surface area contributed by atoms with E-state index in [4.69, 9.17) is 0 Å². The molecule has 28 heavy (non-hydrogen) atoms. The van der Waals surface area contributed by atoms with Crippen LogP contribution < -0.4 is 10.6 Å². The second-order valence-corrected chi connectivity index (χ2v) is 8.95. The van der Waals surface area contributed by atoms with Gasteiger partial charge in [-0.05, 0) is 57.6 Å². The fourth-order valence-electron chi connectivity index (χ4n) is 4.64. The third-order valence-corrected chi connectivity index (χ3v) is 6.77. The van der Waals surface area contributed by atoms with Crippen molar-refractivity contribution in [1.82, 2.24) is 10.6 Å². The molecule has 1 fully saturated rings. The predicted molar refractivity (Wildman–Crippen MR) is 113 cm³/mol. The van der Waals surface area contributed by atoms with Crippen molar-refractivity contribution in [2.24, 2.45) is 5.41 Å². The number of carbonyl (C=O) groups is 2. The Morgan fingerprint density at radius 3 is 2.46 bits per heavy atom. The average Bonchev–Trinajstić information content (AvgIpc) is 2.67. The van der Waals surface area contributed by atoms with Gasteiger partial charge in [0, 0.05) is 18.0 Å². The van der Waals surface area contributed by atoms with Crippen LogP contribution in [0.2, 0.25) is 0 Å². The molecule has 2 aliphatic carbocycles. The Morgan fingerprint density at radius 1 is 1.18 bits per heavy atom. The molecule has 2 N–H and O–H groups in total. The molecule has 1 aromatic rings. The Bertz CT molecular complexity index is 790. The molecular formula is C24H32N2O2. The van der Waals surface area contributed by atoms with E-state index in [0.717, 1.165) is 32.1 Å². The molecule has 1 atom stereocenters. The number of allylic oxidation sites excluding steroid dienone is 2. The summed E-state index contributed by atoms with van der Waals surface area (Å²) in [6.45, 7) is 10.5. The fraction of sp³-hybridized carbons (Fsp3) is 0.500. The first-order chi connectivity index (χ1) is 13.3. The quantitative estimate of drug-likeness (QED) is 0.578. The van der Waals surface area contributed by atoms with Crippen molar-refractivity contribution in [2.75, 3.05) is 6.54 Å². The van der Waals surface area contributed by atoms with Gasteiger partial charge < -0.3 is 10.6 Å². The molecule has 150 valence electrons. The second-order valence-electron chi connectivity index (χ2n) is 8.95. The highest BCUT2D eigenvalue weighted by Crippen LogP contribution is 2.45. The van der Waals surface area contributed by atoms with E-state index in [2.05, 4.69) is 50.1 Å². The lowest BCUT2D eigenvalue weighted by Crippen LogP contribution is -2.59. The topological polar surface area (TPSA) is 58.2 Å². The van der Waals surface area contributed by atoms with Crippen LogP contribution in [0.4, 0.5) is 0 Å². The zero-order valence-corrected chi connectivity index (χ0v) is 17.3. The van der Waals surface area contributed by atoms with Crippen LogP contribution >= 0.6 is 0 Å². The van der Waals surface area contributed by atoms with Crippen LogP contribution in [-0.2, 0) is 15.0 Å². The van der Waals surface area contributed by atoms with Crippen LogP contribution in [-0.4, -0.2) is 24.4 Å². The third-order valence-electron chi connectivity index (χ3n) is 6.77. The molecule has 0 radical (unpaired) electrons. The van der Waals surface area contributed by atoms with Crippen molar-refractivity contribution in [2.45, 2.75) is 64.3 Å². The zero-order chi connectivity index (χ0) is 20.4. The van der Waals surface area contributed by atoms with Crippen molar-refractivity contribution in [3.8, 4) is 0 Å². The molecule has 0 aliphatic heterocycles. The minimum absolute atomic E-state index is 0.127. The van der Waals surface area contributed by atoms with E-state index < -0.39 is 0 Å². The maximum Gasteiger partial charge on any atom is 0.243 e. The molecule has 2 amide bonds. The maximum atomic E-state index is 13.0. The Labute approximate surface area is 168 Å². The minimum Gasteiger partial charge on any atom is -0.353 e. The number of carbonyl (C=O) groups excluding carboxylic acids is 2. The molecule has 1 unspecified atom stereocenters. The van der Waals surface area contributed by atoms with E-state index in [1.807, 2.05) is 18.2 Å². The molecule has 0 saturated heterocycles. The van der Waals surface area contributed by atoms with Crippen LogP contribution in [0, 0.1) is 5.41 Å².